The Balaban J connectivity index is 2.27. The molecule has 1 heterocycles. The van der Waals surface area contributed by atoms with Gasteiger partial charge in [-0.15, -0.1) is 0 Å². The second-order valence-corrected chi connectivity index (χ2v) is 3.91. The van der Waals surface area contributed by atoms with Crippen molar-refractivity contribution < 1.29 is 0 Å². The Kier molecular flexibility index (Phi) is 3.06. The first-order valence-electron chi connectivity index (χ1n) is 5.37. The SMILES string of the molecule is Cc1ccc(N(C)c2ccc(C#N)cn2)cc1. The average Bonchev–Trinajstić information content (AvgIpc) is 2.39. The molecule has 0 N–H and O–H groups in total. The van der Waals surface area contributed by atoms with Crippen LogP contribution in [0.15, 0.2) is 42.6 Å². The first-order chi connectivity index (χ1) is 8.20. The second kappa shape index (κ2) is 4.67. The van der Waals surface area contributed by atoms with Crippen LogP contribution in [0.2, 0.25) is 0 Å². The second-order valence-electron chi connectivity index (χ2n) is 3.91. The van der Waals surface area contributed by atoms with E-state index in [9.17, 15) is 0 Å². The molecule has 0 atom stereocenters. The van der Waals surface area contributed by atoms with E-state index in [1.165, 1.54) is 5.56 Å². The molecule has 0 bridgehead atoms. The third kappa shape index (κ3) is 2.43. The van der Waals surface area contributed by atoms with E-state index in [1.54, 1.807) is 12.3 Å². The average molecular weight is 223 g/mol. The van der Waals surface area contributed by atoms with Crippen LogP contribution in [0.25, 0.3) is 0 Å². The number of nitrogens with zero attached hydrogens (tertiary/aromatic N) is 3. The number of pyridine rings is 1. The molecule has 0 saturated carbocycles. The Morgan fingerprint density at radius 2 is 1.82 bits per heavy atom. The molecule has 1 aromatic carbocycles. The zero-order valence-corrected chi connectivity index (χ0v) is 9.88. The molecule has 0 aliphatic rings. The van der Waals surface area contributed by atoms with Crippen LogP contribution in [-0.2, 0) is 0 Å². The fourth-order valence-electron chi connectivity index (χ4n) is 1.55. The van der Waals surface area contributed by atoms with Crippen LogP contribution in [0.4, 0.5) is 11.5 Å². The first kappa shape index (κ1) is 11.2. The number of hydrogen-bond acceptors (Lipinski definition) is 3. The standard InChI is InChI=1S/C14H13N3/c1-11-3-6-13(7-4-11)17(2)14-8-5-12(9-15)10-16-14/h3-8,10H,1-2H3. The summed E-state index contributed by atoms with van der Waals surface area (Å²) >= 11 is 0. The van der Waals surface area contributed by atoms with Crippen molar-refractivity contribution in [1.29, 1.82) is 5.26 Å². The van der Waals surface area contributed by atoms with Crippen LogP contribution >= 0.6 is 0 Å². The summed E-state index contributed by atoms with van der Waals surface area (Å²) in [6, 6.07) is 13.9. The lowest BCUT2D eigenvalue weighted by molar-refractivity contribution is 1.12. The summed E-state index contributed by atoms with van der Waals surface area (Å²) in [7, 11) is 1.96. The van der Waals surface area contributed by atoms with Crippen LogP contribution in [-0.4, -0.2) is 12.0 Å². The summed E-state index contributed by atoms with van der Waals surface area (Å²) in [5.41, 5.74) is 2.88. The highest BCUT2D eigenvalue weighted by molar-refractivity contribution is 5.59. The molecule has 84 valence electrons. The van der Waals surface area contributed by atoms with Gasteiger partial charge in [-0.25, -0.2) is 4.98 Å². The molecule has 0 aliphatic heterocycles. The molecule has 1 aromatic heterocycles. The lowest BCUT2D eigenvalue weighted by atomic mass is 10.2. The third-order valence-electron chi connectivity index (χ3n) is 2.64. The predicted molar refractivity (Wildman–Crippen MR) is 68.2 cm³/mol. The topological polar surface area (TPSA) is 39.9 Å². The fourth-order valence-corrected chi connectivity index (χ4v) is 1.55. The Labute approximate surface area is 101 Å². The van der Waals surface area contributed by atoms with Gasteiger partial charge in [-0.1, -0.05) is 17.7 Å². The van der Waals surface area contributed by atoms with E-state index < -0.39 is 0 Å². The van der Waals surface area contributed by atoms with Gasteiger partial charge < -0.3 is 4.90 Å². The smallest absolute Gasteiger partial charge is 0.132 e. The van der Waals surface area contributed by atoms with Crippen molar-refractivity contribution in [3.63, 3.8) is 0 Å². The van der Waals surface area contributed by atoms with Crippen LogP contribution in [0.1, 0.15) is 11.1 Å². The lowest BCUT2D eigenvalue weighted by Gasteiger charge is -2.18. The Morgan fingerprint density at radius 1 is 1.12 bits per heavy atom. The van der Waals surface area contributed by atoms with Crippen LogP contribution in [0.5, 0.6) is 0 Å². The monoisotopic (exact) mass is 223 g/mol. The van der Waals surface area contributed by atoms with Crippen molar-refractivity contribution >= 4 is 11.5 Å². The summed E-state index contributed by atoms with van der Waals surface area (Å²) < 4.78 is 0. The lowest BCUT2D eigenvalue weighted by Crippen LogP contribution is -2.10. The number of aromatic nitrogens is 1. The maximum absolute atomic E-state index is 8.71. The highest BCUT2D eigenvalue weighted by Crippen LogP contribution is 2.21. The molecule has 3 heteroatoms. The Bertz CT molecular complexity index is 535. The molecule has 0 saturated heterocycles. The van der Waals surface area contributed by atoms with Gasteiger partial charge in [0.25, 0.3) is 0 Å². The van der Waals surface area contributed by atoms with Crippen LogP contribution in [0, 0.1) is 18.3 Å². The van der Waals surface area contributed by atoms with Gasteiger partial charge in [0.1, 0.15) is 11.9 Å². The predicted octanol–water partition coefficient (Wildman–Crippen LogP) is 3.03. The zero-order chi connectivity index (χ0) is 12.3. The fraction of sp³-hybridized carbons (Fsp3) is 0.143. The quantitative estimate of drug-likeness (QED) is 0.785. The number of rotatable bonds is 2. The Morgan fingerprint density at radius 3 is 2.35 bits per heavy atom. The summed E-state index contributed by atoms with van der Waals surface area (Å²) in [6.07, 6.45) is 1.58. The highest BCUT2D eigenvalue weighted by atomic mass is 15.2. The van der Waals surface area contributed by atoms with E-state index in [1.807, 2.05) is 18.0 Å². The zero-order valence-electron chi connectivity index (χ0n) is 9.88. The number of hydrogen-bond donors (Lipinski definition) is 0. The van der Waals surface area contributed by atoms with Gasteiger partial charge in [0.15, 0.2) is 0 Å². The van der Waals surface area contributed by atoms with Crippen molar-refractivity contribution in [2.45, 2.75) is 6.92 Å². The largest absolute Gasteiger partial charge is 0.329 e. The molecule has 0 radical (unpaired) electrons. The van der Waals surface area contributed by atoms with Crippen molar-refractivity contribution in [2.75, 3.05) is 11.9 Å². The molecular weight excluding hydrogens is 210 g/mol. The number of benzene rings is 1. The van der Waals surface area contributed by atoms with Gasteiger partial charge in [-0.05, 0) is 31.2 Å². The molecule has 0 fully saturated rings. The Hall–Kier alpha value is -2.34. The van der Waals surface area contributed by atoms with Gasteiger partial charge in [0.2, 0.25) is 0 Å². The van der Waals surface area contributed by atoms with Gasteiger partial charge >= 0.3 is 0 Å². The number of anilines is 2. The first-order valence-corrected chi connectivity index (χ1v) is 5.37. The summed E-state index contributed by atoms with van der Waals surface area (Å²) in [5, 5.41) is 8.71. The molecule has 3 nitrogen and oxygen atoms in total. The van der Waals surface area contributed by atoms with E-state index in [4.69, 9.17) is 5.26 Å². The van der Waals surface area contributed by atoms with Crippen molar-refractivity contribution in [2.24, 2.45) is 0 Å². The molecule has 0 unspecified atom stereocenters. The highest BCUT2D eigenvalue weighted by Gasteiger charge is 2.04. The number of nitriles is 1. The summed E-state index contributed by atoms with van der Waals surface area (Å²) in [5.74, 6) is 0.827. The molecule has 17 heavy (non-hydrogen) atoms. The van der Waals surface area contributed by atoms with Gasteiger partial charge in [-0.2, -0.15) is 5.26 Å². The van der Waals surface area contributed by atoms with Crippen LogP contribution < -0.4 is 4.90 Å². The van der Waals surface area contributed by atoms with Crippen molar-refractivity contribution in [3.8, 4) is 6.07 Å². The van der Waals surface area contributed by atoms with E-state index in [2.05, 4.69) is 42.2 Å². The minimum absolute atomic E-state index is 0.575. The summed E-state index contributed by atoms with van der Waals surface area (Å²) in [4.78, 5) is 6.24. The van der Waals surface area contributed by atoms with E-state index >= 15 is 0 Å². The van der Waals surface area contributed by atoms with E-state index in [-0.39, 0.29) is 0 Å². The van der Waals surface area contributed by atoms with Gasteiger partial charge in [0.05, 0.1) is 5.56 Å². The molecule has 2 rings (SSSR count). The van der Waals surface area contributed by atoms with Crippen molar-refractivity contribution in [1.82, 2.24) is 4.98 Å². The molecular formula is C14H13N3. The minimum Gasteiger partial charge on any atom is -0.329 e. The number of aryl methyl sites for hydroxylation is 1. The van der Waals surface area contributed by atoms with Gasteiger partial charge in [0, 0.05) is 18.9 Å². The molecule has 0 spiro atoms. The van der Waals surface area contributed by atoms with Crippen molar-refractivity contribution in [3.05, 3.63) is 53.7 Å². The summed E-state index contributed by atoms with van der Waals surface area (Å²) in [6.45, 7) is 2.06. The van der Waals surface area contributed by atoms with Crippen LogP contribution in [0.3, 0.4) is 0 Å². The maximum atomic E-state index is 8.71. The van der Waals surface area contributed by atoms with Gasteiger partial charge in [-0.3, -0.25) is 0 Å². The molecule has 0 aliphatic carbocycles. The molecule has 0 amide bonds. The normalized spacial score (nSPS) is 9.71. The van der Waals surface area contributed by atoms with E-state index in [0.717, 1.165) is 11.5 Å². The third-order valence-corrected chi connectivity index (χ3v) is 2.64. The minimum atomic E-state index is 0.575. The molecule has 2 aromatic rings. The maximum Gasteiger partial charge on any atom is 0.132 e. The van der Waals surface area contributed by atoms with E-state index in [0.29, 0.717) is 5.56 Å².